The molecule has 1 aromatic carbocycles. The van der Waals surface area contributed by atoms with Gasteiger partial charge in [0.25, 0.3) is 0 Å². The van der Waals surface area contributed by atoms with Gasteiger partial charge in [0.05, 0.1) is 11.9 Å². The van der Waals surface area contributed by atoms with Gasteiger partial charge in [-0.25, -0.2) is 4.98 Å². The van der Waals surface area contributed by atoms with Gasteiger partial charge in [0.2, 0.25) is 5.91 Å². The third kappa shape index (κ3) is 3.52. The number of nitrogens with one attached hydrogen (secondary N) is 2. The summed E-state index contributed by atoms with van der Waals surface area (Å²) >= 11 is 0. The molecule has 2 aromatic rings. The monoisotopic (exact) mass is 309 g/mol. The number of rotatable bonds is 4. The van der Waals surface area contributed by atoms with Crippen molar-refractivity contribution in [2.24, 2.45) is 5.92 Å². The van der Waals surface area contributed by atoms with Gasteiger partial charge in [-0.05, 0) is 56.9 Å². The first-order valence-electron chi connectivity index (χ1n) is 8.15. The first-order valence-corrected chi connectivity index (χ1v) is 8.15. The zero-order valence-electron chi connectivity index (χ0n) is 13.9. The largest absolute Gasteiger partial charge is 0.354 e. The summed E-state index contributed by atoms with van der Waals surface area (Å²) in [6.45, 7) is 6.30. The number of hydrogen-bond donors (Lipinski definition) is 2. The zero-order chi connectivity index (χ0) is 16.4. The van der Waals surface area contributed by atoms with Crippen LogP contribution >= 0.6 is 0 Å². The minimum atomic E-state index is 0.0923. The smallest absolute Gasteiger partial charge is 0.228 e. The first-order chi connectivity index (χ1) is 11.0. The molecule has 2 N–H and O–H groups in total. The molecular weight excluding hydrogens is 286 g/mol. The molecule has 4 heteroatoms. The van der Waals surface area contributed by atoms with E-state index >= 15 is 0 Å². The Labute approximate surface area is 137 Å². The molecule has 4 nitrogen and oxygen atoms in total. The minimum absolute atomic E-state index is 0.0923. The standard InChI is InChI=1S/C19H23N3O/c1-12-9-13(2)18(14(3)10-12)21-16-7-8-17(20-11-16)22-19(23)15-5-4-6-15/h7-11,15,21H,4-6H2,1-3H3,(H,20,22,23). The summed E-state index contributed by atoms with van der Waals surface area (Å²) < 4.78 is 0. The van der Waals surface area contributed by atoms with Crippen molar-refractivity contribution in [1.82, 2.24) is 4.98 Å². The van der Waals surface area contributed by atoms with Gasteiger partial charge in [-0.3, -0.25) is 4.79 Å². The van der Waals surface area contributed by atoms with Gasteiger partial charge in [-0.1, -0.05) is 24.1 Å². The topological polar surface area (TPSA) is 54.0 Å². The number of aryl methyl sites for hydroxylation is 3. The third-order valence-corrected chi connectivity index (χ3v) is 4.44. The van der Waals surface area contributed by atoms with Gasteiger partial charge in [0.1, 0.15) is 5.82 Å². The van der Waals surface area contributed by atoms with Gasteiger partial charge in [-0.15, -0.1) is 0 Å². The van der Waals surface area contributed by atoms with Crippen molar-refractivity contribution in [3.8, 4) is 0 Å². The molecule has 0 atom stereocenters. The van der Waals surface area contributed by atoms with E-state index in [0.29, 0.717) is 5.82 Å². The molecule has 1 aliphatic rings. The highest BCUT2D eigenvalue weighted by molar-refractivity contribution is 5.92. The lowest BCUT2D eigenvalue weighted by atomic mass is 9.85. The summed E-state index contributed by atoms with van der Waals surface area (Å²) in [5.41, 5.74) is 5.72. The Morgan fingerprint density at radius 2 is 1.83 bits per heavy atom. The van der Waals surface area contributed by atoms with Crippen LogP contribution in [0, 0.1) is 26.7 Å². The van der Waals surface area contributed by atoms with Crippen LogP contribution in [0.15, 0.2) is 30.5 Å². The normalized spacial score (nSPS) is 14.2. The SMILES string of the molecule is Cc1cc(C)c(Nc2ccc(NC(=O)C3CCC3)nc2)c(C)c1. The fraction of sp³-hybridized carbons (Fsp3) is 0.368. The number of benzene rings is 1. The molecule has 1 aromatic heterocycles. The van der Waals surface area contributed by atoms with Crippen molar-refractivity contribution in [3.05, 3.63) is 47.2 Å². The summed E-state index contributed by atoms with van der Waals surface area (Å²) in [6.07, 6.45) is 4.91. The van der Waals surface area contributed by atoms with Crippen molar-refractivity contribution < 1.29 is 4.79 Å². The Morgan fingerprint density at radius 1 is 1.13 bits per heavy atom. The molecule has 0 saturated heterocycles. The molecular formula is C19H23N3O. The van der Waals surface area contributed by atoms with Crippen molar-refractivity contribution >= 4 is 23.1 Å². The molecule has 0 aliphatic heterocycles. The number of hydrogen-bond acceptors (Lipinski definition) is 3. The van der Waals surface area contributed by atoms with E-state index in [0.717, 1.165) is 30.6 Å². The molecule has 0 bridgehead atoms. The van der Waals surface area contributed by atoms with E-state index in [1.165, 1.54) is 16.7 Å². The maximum atomic E-state index is 11.9. The predicted octanol–water partition coefficient (Wildman–Crippen LogP) is 4.49. The van der Waals surface area contributed by atoms with Gasteiger partial charge >= 0.3 is 0 Å². The number of anilines is 3. The van der Waals surface area contributed by atoms with Gasteiger partial charge in [-0.2, -0.15) is 0 Å². The van der Waals surface area contributed by atoms with Crippen LogP contribution < -0.4 is 10.6 Å². The fourth-order valence-corrected chi connectivity index (χ4v) is 2.96. The van der Waals surface area contributed by atoms with Crippen LogP contribution in [0.1, 0.15) is 36.0 Å². The number of pyridine rings is 1. The minimum Gasteiger partial charge on any atom is -0.354 e. The van der Waals surface area contributed by atoms with Crippen LogP contribution in [-0.4, -0.2) is 10.9 Å². The van der Waals surface area contributed by atoms with E-state index in [2.05, 4.69) is 48.5 Å². The maximum absolute atomic E-state index is 11.9. The number of carbonyl (C=O) groups is 1. The molecule has 1 heterocycles. The molecule has 1 amide bonds. The first kappa shape index (κ1) is 15.5. The Balaban J connectivity index is 1.69. The molecule has 120 valence electrons. The second-order valence-corrected chi connectivity index (χ2v) is 6.45. The van der Waals surface area contributed by atoms with E-state index in [4.69, 9.17) is 0 Å². The lowest BCUT2D eigenvalue weighted by Gasteiger charge is -2.23. The Bertz CT molecular complexity index is 695. The average molecular weight is 309 g/mol. The summed E-state index contributed by atoms with van der Waals surface area (Å²) in [5, 5.41) is 6.31. The Kier molecular flexibility index (Phi) is 4.33. The highest BCUT2D eigenvalue weighted by Gasteiger charge is 2.25. The number of amides is 1. The van der Waals surface area contributed by atoms with Crippen LogP contribution in [-0.2, 0) is 4.79 Å². The van der Waals surface area contributed by atoms with Crippen LogP contribution in [0.25, 0.3) is 0 Å². The lowest BCUT2D eigenvalue weighted by Crippen LogP contribution is -2.28. The third-order valence-electron chi connectivity index (χ3n) is 4.44. The van der Waals surface area contributed by atoms with E-state index in [1.807, 2.05) is 12.1 Å². The quantitative estimate of drug-likeness (QED) is 0.875. The zero-order valence-corrected chi connectivity index (χ0v) is 13.9. The highest BCUT2D eigenvalue weighted by Crippen LogP contribution is 2.28. The van der Waals surface area contributed by atoms with Crippen LogP contribution in [0.3, 0.4) is 0 Å². The molecule has 1 fully saturated rings. The summed E-state index contributed by atoms with van der Waals surface area (Å²) in [5.74, 6) is 0.881. The average Bonchev–Trinajstić information content (AvgIpc) is 2.42. The van der Waals surface area contributed by atoms with Gasteiger partial charge in [0.15, 0.2) is 0 Å². The summed E-state index contributed by atoms with van der Waals surface area (Å²) in [4.78, 5) is 16.3. The highest BCUT2D eigenvalue weighted by atomic mass is 16.2. The van der Waals surface area contributed by atoms with Crippen LogP contribution in [0.4, 0.5) is 17.2 Å². The lowest BCUT2D eigenvalue weighted by molar-refractivity contribution is -0.122. The summed E-state index contributed by atoms with van der Waals surface area (Å²) in [6, 6.07) is 8.12. The Morgan fingerprint density at radius 3 is 2.35 bits per heavy atom. The molecule has 0 unspecified atom stereocenters. The molecule has 0 spiro atoms. The molecule has 0 radical (unpaired) electrons. The second-order valence-electron chi connectivity index (χ2n) is 6.45. The Hall–Kier alpha value is -2.36. The van der Waals surface area contributed by atoms with Crippen molar-refractivity contribution in [1.29, 1.82) is 0 Å². The van der Waals surface area contributed by atoms with Crippen molar-refractivity contribution in [2.45, 2.75) is 40.0 Å². The van der Waals surface area contributed by atoms with E-state index in [-0.39, 0.29) is 11.8 Å². The predicted molar refractivity (Wildman–Crippen MR) is 94.1 cm³/mol. The fourth-order valence-electron chi connectivity index (χ4n) is 2.96. The summed E-state index contributed by atoms with van der Waals surface area (Å²) in [7, 11) is 0. The molecule has 23 heavy (non-hydrogen) atoms. The van der Waals surface area contributed by atoms with Crippen LogP contribution in [0.5, 0.6) is 0 Å². The number of aromatic nitrogens is 1. The van der Waals surface area contributed by atoms with Gasteiger partial charge in [0, 0.05) is 11.6 Å². The second kappa shape index (κ2) is 6.41. The van der Waals surface area contributed by atoms with E-state index in [9.17, 15) is 4.79 Å². The van der Waals surface area contributed by atoms with Crippen molar-refractivity contribution in [2.75, 3.05) is 10.6 Å². The number of carbonyl (C=O) groups excluding carboxylic acids is 1. The van der Waals surface area contributed by atoms with Gasteiger partial charge < -0.3 is 10.6 Å². The van der Waals surface area contributed by atoms with Crippen molar-refractivity contribution in [3.63, 3.8) is 0 Å². The molecule has 1 saturated carbocycles. The number of nitrogens with zero attached hydrogens (tertiary/aromatic N) is 1. The molecule has 3 rings (SSSR count). The van der Waals surface area contributed by atoms with E-state index in [1.54, 1.807) is 6.20 Å². The molecule has 1 aliphatic carbocycles. The maximum Gasteiger partial charge on any atom is 0.228 e. The van der Waals surface area contributed by atoms with E-state index < -0.39 is 0 Å². The van der Waals surface area contributed by atoms with Crippen LogP contribution in [0.2, 0.25) is 0 Å².